The Bertz CT molecular complexity index is 1440. The van der Waals surface area contributed by atoms with Crippen molar-refractivity contribution in [3.8, 4) is 11.3 Å². The second-order valence-electron chi connectivity index (χ2n) is 7.65. The molecule has 2 aromatic carbocycles. The van der Waals surface area contributed by atoms with Gasteiger partial charge >= 0.3 is 0 Å². The summed E-state index contributed by atoms with van der Waals surface area (Å²) in [5.41, 5.74) is 1.97. The lowest BCUT2D eigenvalue weighted by Crippen LogP contribution is -2.31. The van der Waals surface area contributed by atoms with Gasteiger partial charge in [0.15, 0.2) is 16.7 Å². The number of aliphatic hydroxyl groups excluding tert-OH is 1. The zero-order valence-electron chi connectivity index (χ0n) is 17.7. The minimum atomic E-state index is -0.910. The lowest BCUT2D eigenvalue weighted by atomic mass is 9.95. The zero-order valence-corrected chi connectivity index (χ0v) is 20.0. The Hall–Kier alpha value is -3.39. The predicted octanol–water partition coefficient (Wildman–Crippen LogP) is 6.80. The third-order valence-corrected chi connectivity index (χ3v) is 6.78. The van der Waals surface area contributed by atoms with Crippen LogP contribution in [-0.2, 0) is 4.79 Å². The molecule has 0 radical (unpaired) electrons. The van der Waals surface area contributed by atoms with Crippen LogP contribution < -0.4 is 4.90 Å². The number of hydrogen-bond acceptors (Lipinski definition) is 6. The summed E-state index contributed by atoms with van der Waals surface area (Å²) in [6.45, 7) is 1.71. The molecule has 3 heterocycles. The van der Waals surface area contributed by atoms with E-state index in [2.05, 4.69) is 4.98 Å². The minimum absolute atomic E-state index is 0.0358. The zero-order chi connectivity index (χ0) is 24.0. The van der Waals surface area contributed by atoms with Gasteiger partial charge in [-0.2, -0.15) is 0 Å². The van der Waals surface area contributed by atoms with Gasteiger partial charge in [-0.3, -0.25) is 14.5 Å². The summed E-state index contributed by atoms with van der Waals surface area (Å²) in [6, 6.07) is 16.2. The minimum Gasteiger partial charge on any atom is -0.503 e. The van der Waals surface area contributed by atoms with E-state index < -0.39 is 23.5 Å². The first kappa shape index (κ1) is 22.4. The molecule has 1 aliphatic rings. The first-order valence-electron chi connectivity index (χ1n) is 10.2. The molecule has 170 valence electrons. The van der Waals surface area contributed by atoms with E-state index in [-0.39, 0.29) is 11.3 Å². The Morgan fingerprint density at radius 2 is 1.68 bits per heavy atom. The van der Waals surface area contributed by atoms with Crippen molar-refractivity contribution in [1.82, 2.24) is 4.98 Å². The van der Waals surface area contributed by atoms with E-state index in [0.29, 0.717) is 32.2 Å². The summed E-state index contributed by atoms with van der Waals surface area (Å²) in [5, 5.41) is 14.1. The number of halogens is 2. The molecule has 1 aliphatic heterocycles. The highest BCUT2D eigenvalue weighted by Crippen LogP contribution is 2.44. The number of carbonyl (C=O) groups is 2. The molecular formula is C25H16Cl2N2O4S. The SMILES string of the molecule is Cc1ccc(C(=O)C2=C(O)C(=O)N(c3nc(-c4ccc(Cl)cc4)cs3)C2c2ccc(Cl)cc2)o1. The molecule has 0 bridgehead atoms. The summed E-state index contributed by atoms with van der Waals surface area (Å²) in [7, 11) is 0. The molecular weight excluding hydrogens is 495 g/mol. The van der Waals surface area contributed by atoms with Crippen LogP contribution in [0.4, 0.5) is 5.13 Å². The van der Waals surface area contributed by atoms with Crippen LogP contribution in [0.2, 0.25) is 10.0 Å². The molecule has 0 saturated carbocycles. The van der Waals surface area contributed by atoms with Gasteiger partial charge in [-0.25, -0.2) is 4.98 Å². The Balaban J connectivity index is 1.61. The summed E-state index contributed by atoms with van der Waals surface area (Å²) >= 11 is 13.3. The van der Waals surface area contributed by atoms with Crippen LogP contribution in [0.5, 0.6) is 0 Å². The van der Waals surface area contributed by atoms with E-state index in [1.165, 1.54) is 22.3 Å². The van der Waals surface area contributed by atoms with Gasteiger partial charge in [0, 0.05) is 21.0 Å². The summed E-state index contributed by atoms with van der Waals surface area (Å²) in [5.74, 6) is -1.35. The number of hydrogen-bond donors (Lipinski definition) is 1. The summed E-state index contributed by atoms with van der Waals surface area (Å²) in [4.78, 5) is 32.6. The molecule has 1 amide bonds. The quantitative estimate of drug-likeness (QED) is 0.298. The molecule has 0 spiro atoms. The van der Waals surface area contributed by atoms with Crippen LogP contribution in [0, 0.1) is 6.92 Å². The maximum atomic E-state index is 13.4. The van der Waals surface area contributed by atoms with Crippen LogP contribution in [-0.4, -0.2) is 21.8 Å². The highest BCUT2D eigenvalue weighted by Gasteiger charge is 2.46. The van der Waals surface area contributed by atoms with Gasteiger partial charge in [0.05, 0.1) is 17.3 Å². The second-order valence-corrected chi connectivity index (χ2v) is 9.36. The lowest BCUT2D eigenvalue weighted by molar-refractivity contribution is -0.117. The van der Waals surface area contributed by atoms with E-state index in [0.717, 1.165) is 5.56 Å². The Morgan fingerprint density at radius 1 is 1.03 bits per heavy atom. The standard InChI is InChI=1S/C25H16Cl2N2O4S/c1-13-2-11-19(33-13)22(30)20-21(15-5-9-17(27)10-6-15)29(24(32)23(20)31)25-28-18(12-34-25)14-3-7-16(26)8-4-14/h2-12,21,31H,1H3. The normalized spacial score (nSPS) is 15.9. The molecule has 2 aromatic heterocycles. The number of aliphatic hydroxyl groups is 1. The topological polar surface area (TPSA) is 83.6 Å². The maximum Gasteiger partial charge on any atom is 0.296 e. The smallest absolute Gasteiger partial charge is 0.296 e. The number of carbonyl (C=O) groups excluding carboxylic acids is 2. The van der Waals surface area contributed by atoms with Crippen LogP contribution in [0.1, 0.15) is 27.9 Å². The fraction of sp³-hybridized carbons (Fsp3) is 0.0800. The molecule has 1 N–H and O–H groups in total. The number of furan rings is 1. The Labute approximate surface area is 208 Å². The van der Waals surface area contributed by atoms with E-state index in [4.69, 9.17) is 27.6 Å². The van der Waals surface area contributed by atoms with E-state index in [1.807, 2.05) is 12.1 Å². The third kappa shape index (κ3) is 3.92. The number of ketones is 1. The fourth-order valence-corrected chi connectivity index (χ4v) is 4.92. The van der Waals surface area contributed by atoms with Gasteiger partial charge in [0.25, 0.3) is 5.91 Å². The number of aryl methyl sites for hydroxylation is 1. The van der Waals surface area contributed by atoms with E-state index >= 15 is 0 Å². The average Bonchev–Trinajstić information content (AvgIpc) is 3.54. The highest BCUT2D eigenvalue weighted by molar-refractivity contribution is 7.14. The van der Waals surface area contributed by atoms with Crippen molar-refractivity contribution in [2.45, 2.75) is 13.0 Å². The molecule has 0 fully saturated rings. The molecule has 5 rings (SSSR count). The molecule has 6 nitrogen and oxygen atoms in total. The fourth-order valence-electron chi connectivity index (χ4n) is 3.81. The summed E-state index contributed by atoms with van der Waals surface area (Å²) < 4.78 is 5.49. The summed E-state index contributed by atoms with van der Waals surface area (Å²) in [6.07, 6.45) is 0. The van der Waals surface area contributed by atoms with Crippen LogP contribution >= 0.6 is 34.5 Å². The number of aromatic nitrogens is 1. The molecule has 1 atom stereocenters. The highest BCUT2D eigenvalue weighted by atomic mass is 35.5. The maximum absolute atomic E-state index is 13.4. The van der Waals surface area contributed by atoms with Crippen molar-refractivity contribution in [2.24, 2.45) is 0 Å². The van der Waals surface area contributed by atoms with Crippen molar-refractivity contribution in [3.05, 3.63) is 105 Å². The average molecular weight is 511 g/mol. The molecule has 9 heteroatoms. The number of nitrogens with zero attached hydrogens (tertiary/aromatic N) is 2. The molecule has 4 aromatic rings. The Morgan fingerprint density at radius 3 is 2.29 bits per heavy atom. The van der Waals surface area contributed by atoms with Crippen LogP contribution in [0.3, 0.4) is 0 Å². The third-order valence-electron chi connectivity index (χ3n) is 5.44. The second kappa shape index (κ2) is 8.76. The first-order chi connectivity index (χ1) is 16.3. The number of rotatable bonds is 5. The molecule has 34 heavy (non-hydrogen) atoms. The number of anilines is 1. The first-order valence-corrected chi connectivity index (χ1v) is 11.8. The molecule has 0 aliphatic carbocycles. The molecule has 0 saturated heterocycles. The van der Waals surface area contributed by atoms with Crippen molar-refractivity contribution in [1.29, 1.82) is 0 Å². The largest absolute Gasteiger partial charge is 0.503 e. The van der Waals surface area contributed by atoms with Crippen LogP contribution in [0.25, 0.3) is 11.3 Å². The number of benzene rings is 2. The van der Waals surface area contributed by atoms with Crippen LogP contribution in [0.15, 0.2) is 81.8 Å². The van der Waals surface area contributed by atoms with E-state index in [1.54, 1.807) is 54.8 Å². The van der Waals surface area contributed by atoms with Gasteiger partial charge in [0.1, 0.15) is 5.76 Å². The van der Waals surface area contributed by atoms with Crippen molar-refractivity contribution in [3.63, 3.8) is 0 Å². The van der Waals surface area contributed by atoms with Gasteiger partial charge < -0.3 is 9.52 Å². The van der Waals surface area contributed by atoms with Crippen molar-refractivity contribution >= 4 is 51.4 Å². The number of thiazole rings is 1. The van der Waals surface area contributed by atoms with Crippen molar-refractivity contribution < 1.29 is 19.1 Å². The number of amides is 1. The van der Waals surface area contributed by atoms with Gasteiger partial charge in [0.2, 0.25) is 5.78 Å². The van der Waals surface area contributed by atoms with Gasteiger partial charge in [-0.05, 0) is 48.9 Å². The van der Waals surface area contributed by atoms with Gasteiger partial charge in [-0.15, -0.1) is 11.3 Å². The monoisotopic (exact) mass is 510 g/mol. The predicted molar refractivity (Wildman–Crippen MR) is 132 cm³/mol. The van der Waals surface area contributed by atoms with E-state index in [9.17, 15) is 14.7 Å². The lowest BCUT2D eigenvalue weighted by Gasteiger charge is -2.24. The van der Waals surface area contributed by atoms with Gasteiger partial charge in [-0.1, -0.05) is 47.5 Å². The Kier molecular flexibility index (Phi) is 5.77. The number of Topliss-reactive ketones (excluding diaryl/α,β-unsaturated/α-hetero) is 1. The molecule has 1 unspecified atom stereocenters. The van der Waals surface area contributed by atoms with Crippen molar-refractivity contribution in [2.75, 3.05) is 4.90 Å².